The van der Waals surface area contributed by atoms with Crippen LogP contribution in [0.3, 0.4) is 0 Å². The van der Waals surface area contributed by atoms with Gasteiger partial charge in [-0.1, -0.05) is 49.5 Å². The molecule has 0 aliphatic rings. The first-order valence-corrected chi connectivity index (χ1v) is 12.5. The number of methoxy groups -OCH3 is 2. The summed E-state index contributed by atoms with van der Waals surface area (Å²) in [4.78, 5) is 17.5. The number of hydrogen-bond donors (Lipinski definition) is 0. The van der Waals surface area contributed by atoms with E-state index in [0.717, 1.165) is 43.7 Å². The Labute approximate surface area is 201 Å². The van der Waals surface area contributed by atoms with Crippen LogP contribution in [-0.2, 0) is 13.1 Å². The minimum Gasteiger partial charge on any atom is -0.493 e. The van der Waals surface area contributed by atoms with Gasteiger partial charge in [0.15, 0.2) is 11.5 Å². The zero-order valence-corrected chi connectivity index (χ0v) is 21.4. The van der Waals surface area contributed by atoms with Gasteiger partial charge in [-0.2, -0.15) is 0 Å². The molecule has 2 aromatic carbocycles. The van der Waals surface area contributed by atoms with E-state index in [-0.39, 0.29) is 5.56 Å². The summed E-state index contributed by atoms with van der Waals surface area (Å²) in [6.07, 6.45) is 4.48. The van der Waals surface area contributed by atoms with E-state index in [4.69, 9.17) is 9.47 Å². The summed E-state index contributed by atoms with van der Waals surface area (Å²) in [5, 5.41) is 0.703. The maximum atomic E-state index is 12.8. The molecule has 0 spiro atoms. The van der Waals surface area contributed by atoms with Gasteiger partial charge in [-0.05, 0) is 43.6 Å². The molecule has 0 saturated carbocycles. The maximum absolute atomic E-state index is 12.8. The molecule has 0 aliphatic heterocycles. The Kier molecular flexibility index (Phi) is 9.21. The minimum absolute atomic E-state index is 0.0627. The lowest BCUT2D eigenvalue weighted by Gasteiger charge is -2.24. The van der Waals surface area contributed by atoms with Crippen LogP contribution < -0.4 is 19.9 Å². The second-order valence-corrected chi connectivity index (χ2v) is 9.57. The molecular formula is C26H37N3O3S. The number of para-hydroxylation sites is 1. The predicted octanol–water partition coefficient (Wildman–Crippen LogP) is 5.23. The average molecular weight is 472 g/mol. The Bertz CT molecular complexity index is 1090. The number of rotatable bonds is 13. The van der Waals surface area contributed by atoms with Crippen LogP contribution in [0, 0.1) is 0 Å². The quantitative estimate of drug-likeness (QED) is 0.320. The van der Waals surface area contributed by atoms with Crippen molar-refractivity contribution in [1.29, 1.82) is 0 Å². The normalized spacial score (nSPS) is 11.3. The van der Waals surface area contributed by atoms with Crippen molar-refractivity contribution in [1.82, 2.24) is 8.86 Å². The number of aromatic nitrogens is 1. The van der Waals surface area contributed by atoms with Crippen molar-refractivity contribution < 1.29 is 9.47 Å². The Hall–Kier alpha value is -2.51. The van der Waals surface area contributed by atoms with Gasteiger partial charge in [0.05, 0.1) is 24.3 Å². The highest BCUT2D eigenvalue weighted by Crippen LogP contribution is 2.33. The van der Waals surface area contributed by atoms with Crippen molar-refractivity contribution in [3.63, 3.8) is 0 Å². The molecule has 180 valence electrons. The van der Waals surface area contributed by atoms with E-state index < -0.39 is 0 Å². The summed E-state index contributed by atoms with van der Waals surface area (Å²) >= 11 is 1.51. The van der Waals surface area contributed by atoms with Gasteiger partial charge in [0.1, 0.15) is 0 Å². The summed E-state index contributed by atoms with van der Waals surface area (Å²) in [5.74, 6) is 1.26. The van der Waals surface area contributed by atoms with Gasteiger partial charge in [-0.15, -0.1) is 0 Å². The Morgan fingerprint density at radius 2 is 1.67 bits per heavy atom. The molecule has 0 atom stereocenters. The van der Waals surface area contributed by atoms with Crippen LogP contribution in [0.2, 0.25) is 0 Å². The van der Waals surface area contributed by atoms with E-state index in [9.17, 15) is 4.79 Å². The lowest BCUT2D eigenvalue weighted by Crippen LogP contribution is -2.25. The number of benzene rings is 2. The van der Waals surface area contributed by atoms with E-state index in [0.29, 0.717) is 16.9 Å². The van der Waals surface area contributed by atoms with Crippen molar-refractivity contribution in [3.05, 3.63) is 52.3 Å². The summed E-state index contributed by atoms with van der Waals surface area (Å²) in [5.41, 5.74) is 2.73. The van der Waals surface area contributed by atoms with E-state index >= 15 is 0 Å². The van der Waals surface area contributed by atoms with Gasteiger partial charge in [0.2, 0.25) is 0 Å². The van der Waals surface area contributed by atoms with Gasteiger partial charge in [0, 0.05) is 38.9 Å². The fourth-order valence-electron chi connectivity index (χ4n) is 4.16. The minimum atomic E-state index is 0.0627. The van der Waals surface area contributed by atoms with Crippen LogP contribution in [0.5, 0.6) is 11.5 Å². The molecule has 0 fully saturated rings. The molecule has 0 bridgehead atoms. The zero-order chi connectivity index (χ0) is 23.8. The molecule has 6 nitrogen and oxygen atoms in total. The molecule has 3 aromatic rings. The fourth-order valence-corrected chi connectivity index (χ4v) is 5.20. The van der Waals surface area contributed by atoms with E-state index in [2.05, 4.69) is 55.1 Å². The monoisotopic (exact) mass is 471 g/mol. The fraction of sp³-hybridized carbons (Fsp3) is 0.500. The highest BCUT2D eigenvalue weighted by atomic mass is 32.1. The first-order chi connectivity index (χ1) is 16.0. The molecule has 33 heavy (non-hydrogen) atoms. The zero-order valence-electron chi connectivity index (χ0n) is 20.6. The van der Waals surface area contributed by atoms with Gasteiger partial charge >= 0.3 is 0 Å². The first kappa shape index (κ1) is 25.1. The van der Waals surface area contributed by atoms with Crippen LogP contribution in [0.1, 0.15) is 38.2 Å². The number of fused-ring (bicyclic) bond motifs is 1. The molecule has 0 aliphatic carbocycles. The molecule has 3 rings (SSSR count). The summed E-state index contributed by atoms with van der Waals surface area (Å²) in [6.45, 7) is 6.12. The second-order valence-electron chi connectivity index (χ2n) is 8.51. The van der Waals surface area contributed by atoms with Crippen LogP contribution in [0.4, 0.5) is 5.69 Å². The molecular weight excluding hydrogens is 434 g/mol. The summed E-state index contributed by atoms with van der Waals surface area (Å²) in [6, 6.07) is 12.3. The van der Waals surface area contributed by atoms with Crippen molar-refractivity contribution in [2.75, 3.05) is 46.3 Å². The molecule has 0 saturated heterocycles. The number of unbranched alkanes of at least 4 members (excludes halogenated alkanes) is 3. The van der Waals surface area contributed by atoms with Crippen molar-refractivity contribution in [2.45, 2.75) is 45.7 Å². The Morgan fingerprint density at radius 1 is 0.970 bits per heavy atom. The summed E-state index contributed by atoms with van der Waals surface area (Å²) in [7, 11) is 7.41. The SMILES string of the molecule is CCN(CCCCCCn1sc2cc(OC)c(OC)cc2c1=O)Cc1ccccc1N(C)C. The Balaban J connectivity index is 1.47. The number of anilines is 1. The molecule has 0 radical (unpaired) electrons. The second kappa shape index (κ2) is 12.1. The van der Waals surface area contributed by atoms with Crippen LogP contribution in [-0.4, -0.2) is 50.3 Å². The van der Waals surface area contributed by atoms with E-state index in [1.807, 2.05) is 10.0 Å². The number of aryl methyl sites for hydroxylation is 1. The predicted molar refractivity (Wildman–Crippen MR) is 139 cm³/mol. The maximum Gasteiger partial charge on any atom is 0.268 e. The first-order valence-electron chi connectivity index (χ1n) is 11.7. The van der Waals surface area contributed by atoms with Gasteiger partial charge in [-0.25, -0.2) is 0 Å². The number of ether oxygens (including phenoxy) is 2. The molecule has 0 amide bonds. The van der Waals surface area contributed by atoms with Gasteiger partial charge in [-0.3, -0.25) is 13.7 Å². The molecule has 1 aromatic heterocycles. The van der Waals surface area contributed by atoms with Crippen LogP contribution >= 0.6 is 11.5 Å². The smallest absolute Gasteiger partial charge is 0.268 e. The third kappa shape index (κ3) is 6.30. The third-order valence-electron chi connectivity index (χ3n) is 6.05. The molecule has 7 heteroatoms. The largest absolute Gasteiger partial charge is 0.493 e. The lowest BCUT2D eigenvalue weighted by molar-refractivity contribution is 0.272. The standard InChI is InChI=1S/C26H37N3O3S/c1-6-28(19-20-13-9-10-14-22(20)27(2)3)15-11-7-8-12-16-29-26(30)21-17-23(31-4)24(32-5)18-25(21)33-29/h9-10,13-14,17-18H,6-8,11-12,15-16,19H2,1-5H3. The number of hydrogen-bond acceptors (Lipinski definition) is 6. The van der Waals surface area contributed by atoms with E-state index in [1.165, 1.54) is 35.6 Å². The number of nitrogens with zero attached hydrogens (tertiary/aromatic N) is 3. The molecule has 1 heterocycles. The van der Waals surface area contributed by atoms with Crippen LogP contribution in [0.15, 0.2) is 41.2 Å². The van der Waals surface area contributed by atoms with Crippen molar-refractivity contribution in [3.8, 4) is 11.5 Å². The highest BCUT2D eigenvalue weighted by Gasteiger charge is 2.13. The summed E-state index contributed by atoms with van der Waals surface area (Å²) < 4.78 is 13.5. The highest BCUT2D eigenvalue weighted by molar-refractivity contribution is 7.13. The molecule has 0 N–H and O–H groups in total. The lowest BCUT2D eigenvalue weighted by atomic mass is 10.1. The topological polar surface area (TPSA) is 46.9 Å². The van der Waals surface area contributed by atoms with E-state index in [1.54, 1.807) is 20.3 Å². The Morgan fingerprint density at radius 3 is 2.36 bits per heavy atom. The van der Waals surface area contributed by atoms with Gasteiger partial charge < -0.3 is 14.4 Å². The van der Waals surface area contributed by atoms with Gasteiger partial charge in [0.25, 0.3) is 5.56 Å². The van der Waals surface area contributed by atoms with Crippen molar-refractivity contribution in [2.24, 2.45) is 0 Å². The van der Waals surface area contributed by atoms with Crippen molar-refractivity contribution >= 4 is 27.3 Å². The van der Waals surface area contributed by atoms with Crippen LogP contribution in [0.25, 0.3) is 10.1 Å². The third-order valence-corrected chi connectivity index (χ3v) is 7.15. The molecule has 0 unspecified atom stereocenters. The average Bonchev–Trinajstić information content (AvgIpc) is 3.13.